The van der Waals surface area contributed by atoms with Crippen LogP contribution < -0.4 is 5.32 Å². The predicted octanol–water partition coefficient (Wildman–Crippen LogP) is 3.90. The van der Waals surface area contributed by atoms with Gasteiger partial charge in [0.2, 0.25) is 0 Å². The van der Waals surface area contributed by atoms with Gasteiger partial charge in [0.05, 0.1) is 0 Å². The molecular formula is C18H28CrNO-. The summed E-state index contributed by atoms with van der Waals surface area (Å²) in [4.78, 5) is 0. The normalized spacial score (nSPS) is 25.7. The summed E-state index contributed by atoms with van der Waals surface area (Å²) in [6.45, 7) is 9.81. The molecule has 0 saturated carbocycles. The Morgan fingerprint density at radius 3 is 2.33 bits per heavy atom. The topological polar surface area (TPSA) is 21.3 Å². The van der Waals surface area contributed by atoms with Gasteiger partial charge in [0.1, 0.15) is 0 Å². The third-order valence-corrected chi connectivity index (χ3v) is 4.34. The Morgan fingerprint density at radius 1 is 1.14 bits per heavy atom. The van der Waals surface area contributed by atoms with Gasteiger partial charge in [-0.3, -0.25) is 0 Å². The molecule has 1 aromatic rings. The maximum atomic E-state index is 5.14. The Balaban J connectivity index is 0.000000236. The van der Waals surface area contributed by atoms with Crippen molar-refractivity contribution in [2.24, 2.45) is 11.8 Å². The molecule has 2 aliphatic rings. The molecule has 2 aliphatic heterocycles. The van der Waals surface area contributed by atoms with Crippen molar-refractivity contribution >= 4 is 0 Å². The Hall–Kier alpha value is -0.328. The Bertz CT molecular complexity index is 404. The molecule has 2 fully saturated rings. The van der Waals surface area contributed by atoms with E-state index in [1.54, 1.807) is 0 Å². The zero-order valence-electron chi connectivity index (χ0n) is 13.5. The number of ether oxygens (including phenoxy) is 1. The summed E-state index contributed by atoms with van der Waals surface area (Å²) in [6.07, 6.45) is 3.81. The van der Waals surface area contributed by atoms with E-state index < -0.39 is 0 Å². The average Bonchev–Trinajstić information content (AvgIpc) is 2.87. The first-order chi connectivity index (χ1) is 9.66. The van der Waals surface area contributed by atoms with Gasteiger partial charge in [0, 0.05) is 36.6 Å². The molecule has 3 heteroatoms. The van der Waals surface area contributed by atoms with Crippen LogP contribution in [0.25, 0.3) is 0 Å². The van der Waals surface area contributed by atoms with Crippen molar-refractivity contribution < 1.29 is 22.1 Å². The second-order valence-corrected chi connectivity index (χ2v) is 6.28. The van der Waals surface area contributed by atoms with Crippen molar-refractivity contribution in [3.8, 4) is 0 Å². The van der Waals surface area contributed by atoms with Crippen LogP contribution in [0, 0.1) is 24.8 Å². The summed E-state index contributed by atoms with van der Waals surface area (Å²) in [5, 5.41) is 3.52. The molecule has 0 aromatic heterocycles. The molecule has 0 radical (unpaired) electrons. The van der Waals surface area contributed by atoms with Crippen LogP contribution in [0.2, 0.25) is 0 Å². The minimum absolute atomic E-state index is 0. The SMILES string of the molecule is CC1CCOCC1.Cc1[c-]c([C@H]2NCC[C@H]2C)ccc1.[Cr]. The molecule has 2 atom stereocenters. The fourth-order valence-electron chi connectivity index (χ4n) is 2.85. The number of nitrogens with one attached hydrogen (secondary N) is 1. The zero-order chi connectivity index (χ0) is 14.4. The Kier molecular flexibility index (Phi) is 8.59. The predicted molar refractivity (Wildman–Crippen MR) is 83.8 cm³/mol. The van der Waals surface area contributed by atoms with E-state index in [0.717, 1.165) is 31.6 Å². The van der Waals surface area contributed by atoms with Gasteiger partial charge in [-0.15, -0.1) is 5.56 Å². The first-order valence-electron chi connectivity index (χ1n) is 7.97. The zero-order valence-corrected chi connectivity index (χ0v) is 14.8. The van der Waals surface area contributed by atoms with Crippen LogP contribution >= 0.6 is 0 Å². The summed E-state index contributed by atoms with van der Waals surface area (Å²) >= 11 is 0. The molecule has 3 rings (SSSR count). The Labute approximate surface area is 140 Å². The molecule has 0 spiro atoms. The first kappa shape index (κ1) is 18.7. The van der Waals surface area contributed by atoms with Crippen molar-refractivity contribution in [3.63, 3.8) is 0 Å². The van der Waals surface area contributed by atoms with Gasteiger partial charge < -0.3 is 10.1 Å². The first-order valence-corrected chi connectivity index (χ1v) is 7.97. The molecule has 1 N–H and O–H groups in total. The minimum atomic E-state index is 0. The molecular weight excluding hydrogens is 298 g/mol. The summed E-state index contributed by atoms with van der Waals surface area (Å²) < 4.78 is 5.14. The van der Waals surface area contributed by atoms with E-state index in [-0.39, 0.29) is 17.4 Å². The second kappa shape index (κ2) is 9.64. The molecule has 2 nitrogen and oxygen atoms in total. The largest absolute Gasteiger partial charge is 0.381 e. The number of rotatable bonds is 1. The summed E-state index contributed by atoms with van der Waals surface area (Å²) in [5.41, 5.74) is 2.56. The second-order valence-electron chi connectivity index (χ2n) is 6.28. The molecule has 0 aliphatic carbocycles. The number of hydrogen-bond donors (Lipinski definition) is 1. The van der Waals surface area contributed by atoms with Gasteiger partial charge in [-0.2, -0.15) is 29.8 Å². The number of benzene rings is 1. The van der Waals surface area contributed by atoms with Crippen molar-refractivity contribution in [1.82, 2.24) is 5.32 Å². The van der Waals surface area contributed by atoms with Crippen LogP contribution in [-0.2, 0) is 22.1 Å². The van der Waals surface area contributed by atoms with Crippen LogP contribution in [0.1, 0.15) is 50.3 Å². The van der Waals surface area contributed by atoms with Gasteiger partial charge >= 0.3 is 0 Å². The van der Waals surface area contributed by atoms with E-state index in [1.165, 1.54) is 30.4 Å². The van der Waals surface area contributed by atoms with E-state index in [1.807, 2.05) is 0 Å². The van der Waals surface area contributed by atoms with E-state index >= 15 is 0 Å². The van der Waals surface area contributed by atoms with E-state index in [2.05, 4.69) is 50.4 Å². The van der Waals surface area contributed by atoms with Crippen LogP contribution in [0.4, 0.5) is 0 Å². The molecule has 1 aromatic carbocycles. The quantitative estimate of drug-likeness (QED) is 0.791. The maximum absolute atomic E-state index is 5.14. The molecule has 21 heavy (non-hydrogen) atoms. The van der Waals surface area contributed by atoms with Gasteiger partial charge in [-0.05, 0) is 37.6 Å². The Morgan fingerprint density at radius 2 is 1.86 bits per heavy atom. The summed E-state index contributed by atoms with van der Waals surface area (Å²) in [7, 11) is 0. The number of hydrogen-bond acceptors (Lipinski definition) is 2. The molecule has 0 bridgehead atoms. The van der Waals surface area contributed by atoms with Crippen LogP contribution in [-0.4, -0.2) is 19.8 Å². The molecule has 0 amide bonds. The summed E-state index contributed by atoms with van der Waals surface area (Å²) in [6, 6.07) is 10.3. The van der Waals surface area contributed by atoms with E-state index in [0.29, 0.717) is 6.04 Å². The van der Waals surface area contributed by atoms with Gasteiger partial charge in [-0.1, -0.05) is 20.8 Å². The molecule has 2 heterocycles. The van der Waals surface area contributed by atoms with Crippen molar-refractivity contribution in [2.75, 3.05) is 19.8 Å². The molecule has 2 saturated heterocycles. The smallest absolute Gasteiger partial charge is 0.0468 e. The van der Waals surface area contributed by atoms with E-state index in [4.69, 9.17) is 4.74 Å². The van der Waals surface area contributed by atoms with Crippen molar-refractivity contribution in [2.45, 2.75) is 46.1 Å². The van der Waals surface area contributed by atoms with Gasteiger partial charge in [-0.25, -0.2) is 0 Å². The van der Waals surface area contributed by atoms with Crippen molar-refractivity contribution in [1.29, 1.82) is 0 Å². The van der Waals surface area contributed by atoms with Crippen LogP contribution in [0.15, 0.2) is 18.2 Å². The van der Waals surface area contributed by atoms with E-state index in [9.17, 15) is 0 Å². The fourth-order valence-corrected chi connectivity index (χ4v) is 2.85. The fraction of sp³-hybridized carbons (Fsp3) is 0.667. The van der Waals surface area contributed by atoms with Gasteiger partial charge in [0.25, 0.3) is 0 Å². The molecule has 0 unspecified atom stereocenters. The minimum Gasteiger partial charge on any atom is -0.381 e. The third kappa shape index (κ3) is 6.12. The standard InChI is InChI=1S/C12H16N.C6H12O.Cr/c1-9-4-3-5-11(8-9)12-10(2)6-7-13-12;1-6-2-4-7-5-3-6;/h3-5,10,12-13H,6-7H2,1-2H3;6H,2-5H2,1H3;/q-1;;/t10-,12+;;/m1../s1. The van der Waals surface area contributed by atoms with Crippen LogP contribution in [0.5, 0.6) is 0 Å². The molecule has 118 valence electrons. The average molecular weight is 326 g/mol. The monoisotopic (exact) mass is 326 g/mol. The van der Waals surface area contributed by atoms with Crippen molar-refractivity contribution in [3.05, 3.63) is 35.4 Å². The van der Waals surface area contributed by atoms with Gasteiger partial charge in [0.15, 0.2) is 0 Å². The third-order valence-electron chi connectivity index (χ3n) is 4.34. The summed E-state index contributed by atoms with van der Waals surface area (Å²) in [5.74, 6) is 1.66. The number of aryl methyl sites for hydroxylation is 1. The maximum Gasteiger partial charge on any atom is 0.0468 e. The van der Waals surface area contributed by atoms with Crippen LogP contribution in [0.3, 0.4) is 0 Å².